The molecule has 4 heteroatoms. The Morgan fingerprint density at radius 2 is 2.11 bits per heavy atom. The van der Waals surface area contributed by atoms with E-state index in [4.69, 9.17) is 0 Å². The van der Waals surface area contributed by atoms with Crippen LogP contribution < -0.4 is 5.32 Å². The van der Waals surface area contributed by atoms with Crippen LogP contribution in [0.2, 0.25) is 0 Å². The van der Waals surface area contributed by atoms with Gasteiger partial charge in [0.1, 0.15) is 10.8 Å². The highest BCUT2D eigenvalue weighted by atomic mass is 32.1. The quantitative estimate of drug-likeness (QED) is 0.637. The summed E-state index contributed by atoms with van der Waals surface area (Å²) in [6.07, 6.45) is 5.22. The average molecular weight is 276 g/mol. The summed E-state index contributed by atoms with van der Waals surface area (Å²) in [6, 6.07) is 6.45. The van der Waals surface area contributed by atoms with E-state index in [1.165, 1.54) is 12.1 Å². The maximum atomic E-state index is 12.8. The van der Waals surface area contributed by atoms with Gasteiger partial charge in [-0.15, -0.1) is 11.3 Å². The number of aromatic nitrogens is 1. The summed E-state index contributed by atoms with van der Waals surface area (Å²) in [4.78, 5) is 4.54. The van der Waals surface area contributed by atoms with Gasteiger partial charge in [0, 0.05) is 17.5 Å². The van der Waals surface area contributed by atoms with Crippen LogP contribution in [-0.4, -0.2) is 11.5 Å². The van der Waals surface area contributed by atoms with Crippen LogP contribution in [0.5, 0.6) is 0 Å². The highest BCUT2D eigenvalue weighted by molar-refractivity contribution is 7.13. The number of benzene rings is 1. The molecule has 0 bridgehead atoms. The van der Waals surface area contributed by atoms with E-state index in [1.54, 1.807) is 23.5 Å². The van der Waals surface area contributed by atoms with Crippen molar-refractivity contribution in [3.8, 4) is 10.6 Å². The van der Waals surface area contributed by atoms with Crippen LogP contribution in [0.4, 0.5) is 4.39 Å². The van der Waals surface area contributed by atoms with E-state index in [-0.39, 0.29) is 5.82 Å². The number of thiazole rings is 1. The first kappa shape index (κ1) is 13.9. The Morgan fingerprint density at radius 1 is 1.32 bits per heavy atom. The highest BCUT2D eigenvalue weighted by Gasteiger charge is 2.04. The minimum absolute atomic E-state index is 0.217. The monoisotopic (exact) mass is 276 g/mol. The molecule has 19 heavy (non-hydrogen) atoms. The fourth-order valence-corrected chi connectivity index (χ4v) is 2.51. The second-order valence-electron chi connectivity index (χ2n) is 4.19. The number of rotatable bonds is 6. The number of halogens is 1. The van der Waals surface area contributed by atoms with Crippen LogP contribution >= 0.6 is 11.3 Å². The molecule has 1 N–H and O–H groups in total. The number of nitrogens with zero attached hydrogens (tertiary/aromatic N) is 1. The maximum absolute atomic E-state index is 12.8. The van der Waals surface area contributed by atoms with E-state index in [0.29, 0.717) is 0 Å². The van der Waals surface area contributed by atoms with Gasteiger partial charge in [-0.25, -0.2) is 9.37 Å². The molecule has 0 fully saturated rings. The Labute approximate surface area is 117 Å². The summed E-state index contributed by atoms with van der Waals surface area (Å²) >= 11 is 1.59. The Kier molecular flexibility index (Phi) is 5.24. The first-order valence-corrected chi connectivity index (χ1v) is 7.20. The molecule has 0 spiro atoms. The third-order valence-electron chi connectivity index (χ3n) is 2.67. The van der Waals surface area contributed by atoms with Crippen LogP contribution in [0.3, 0.4) is 0 Å². The Morgan fingerprint density at radius 3 is 2.84 bits per heavy atom. The second kappa shape index (κ2) is 7.16. The molecule has 2 aromatic rings. The van der Waals surface area contributed by atoms with Crippen LogP contribution in [0, 0.1) is 5.82 Å². The summed E-state index contributed by atoms with van der Waals surface area (Å²) in [7, 11) is 0. The standard InChI is InChI=1S/C15H17FN2S/c1-2-3-4-9-17-10-14-11-19-15(18-14)12-5-7-13(16)8-6-12/h2-3,5-8,11,17H,4,9-10H2,1H3/b3-2+. The van der Waals surface area contributed by atoms with Crippen molar-refractivity contribution in [1.29, 1.82) is 0 Å². The van der Waals surface area contributed by atoms with Gasteiger partial charge < -0.3 is 5.32 Å². The van der Waals surface area contributed by atoms with E-state index < -0.39 is 0 Å². The molecule has 1 heterocycles. The molecule has 0 radical (unpaired) electrons. The van der Waals surface area contributed by atoms with Gasteiger partial charge in [0.15, 0.2) is 0 Å². The molecule has 2 rings (SSSR count). The zero-order valence-electron chi connectivity index (χ0n) is 10.9. The molecule has 100 valence electrons. The third kappa shape index (κ3) is 4.26. The molecule has 1 aromatic heterocycles. The van der Waals surface area contributed by atoms with Crippen molar-refractivity contribution in [1.82, 2.24) is 10.3 Å². The normalized spacial score (nSPS) is 11.3. The Bertz CT molecular complexity index is 531. The molecule has 1 aromatic carbocycles. The fraction of sp³-hybridized carbons (Fsp3) is 0.267. The van der Waals surface area contributed by atoms with E-state index in [1.807, 2.05) is 12.3 Å². The molecule has 0 amide bonds. The van der Waals surface area contributed by atoms with Crippen LogP contribution in [0.15, 0.2) is 41.8 Å². The van der Waals surface area contributed by atoms with Gasteiger partial charge in [-0.05, 0) is 44.2 Å². The largest absolute Gasteiger partial charge is 0.311 e. The van der Waals surface area contributed by atoms with Crippen molar-refractivity contribution in [3.05, 3.63) is 53.3 Å². The SMILES string of the molecule is C/C=C/CCNCc1csc(-c2ccc(F)cc2)n1. The molecular formula is C15H17FN2S. The van der Waals surface area contributed by atoms with E-state index in [0.717, 1.165) is 35.8 Å². The predicted molar refractivity (Wildman–Crippen MR) is 78.6 cm³/mol. The zero-order valence-corrected chi connectivity index (χ0v) is 11.7. The van der Waals surface area contributed by atoms with Gasteiger partial charge in [0.2, 0.25) is 0 Å². The van der Waals surface area contributed by atoms with Gasteiger partial charge in [-0.3, -0.25) is 0 Å². The summed E-state index contributed by atoms with van der Waals surface area (Å²) in [6.45, 7) is 3.75. The maximum Gasteiger partial charge on any atom is 0.123 e. The summed E-state index contributed by atoms with van der Waals surface area (Å²) in [5.41, 5.74) is 2.00. The second-order valence-corrected chi connectivity index (χ2v) is 5.04. The molecule has 2 nitrogen and oxygen atoms in total. The number of hydrogen-bond acceptors (Lipinski definition) is 3. The molecule has 0 unspecified atom stereocenters. The van der Waals surface area contributed by atoms with Crippen LogP contribution in [0.1, 0.15) is 19.0 Å². The predicted octanol–water partition coefficient (Wildman–Crippen LogP) is 4.01. The minimum atomic E-state index is -0.217. The molecule has 0 aliphatic heterocycles. The molecule has 0 aliphatic carbocycles. The average Bonchev–Trinajstić information content (AvgIpc) is 2.88. The van der Waals surface area contributed by atoms with Gasteiger partial charge in [0.25, 0.3) is 0 Å². The smallest absolute Gasteiger partial charge is 0.123 e. The van der Waals surface area contributed by atoms with Crippen molar-refractivity contribution >= 4 is 11.3 Å². The first-order valence-electron chi connectivity index (χ1n) is 6.32. The molecule has 0 aliphatic rings. The number of allylic oxidation sites excluding steroid dienone is 1. The van der Waals surface area contributed by atoms with Crippen molar-refractivity contribution in [2.75, 3.05) is 6.54 Å². The lowest BCUT2D eigenvalue weighted by Gasteiger charge is -1.99. The first-order chi connectivity index (χ1) is 9.29. The van der Waals surface area contributed by atoms with Crippen molar-refractivity contribution in [2.45, 2.75) is 19.9 Å². The van der Waals surface area contributed by atoms with Crippen molar-refractivity contribution in [2.24, 2.45) is 0 Å². The van der Waals surface area contributed by atoms with Gasteiger partial charge in [-0.2, -0.15) is 0 Å². The molecular weight excluding hydrogens is 259 g/mol. The van der Waals surface area contributed by atoms with E-state index in [9.17, 15) is 4.39 Å². The number of nitrogens with one attached hydrogen (secondary N) is 1. The van der Waals surface area contributed by atoms with Gasteiger partial charge in [0.05, 0.1) is 5.69 Å². The van der Waals surface area contributed by atoms with Crippen LogP contribution in [0.25, 0.3) is 10.6 Å². The summed E-state index contributed by atoms with van der Waals surface area (Å²) < 4.78 is 12.8. The van der Waals surface area contributed by atoms with E-state index in [2.05, 4.69) is 22.5 Å². The highest BCUT2D eigenvalue weighted by Crippen LogP contribution is 2.23. The topological polar surface area (TPSA) is 24.9 Å². The van der Waals surface area contributed by atoms with Crippen LogP contribution in [-0.2, 0) is 6.54 Å². The lowest BCUT2D eigenvalue weighted by atomic mass is 10.2. The summed E-state index contributed by atoms with van der Waals surface area (Å²) in [5.74, 6) is -0.217. The Balaban J connectivity index is 1.90. The van der Waals surface area contributed by atoms with Gasteiger partial charge >= 0.3 is 0 Å². The third-order valence-corrected chi connectivity index (χ3v) is 3.61. The number of hydrogen-bond donors (Lipinski definition) is 1. The Hall–Kier alpha value is -1.52. The summed E-state index contributed by atoms with van der Waals surface area (Å²) in [5, 5.41) is 6.32. The van der Waals surface area contributed by atoms with Gasteiger partial charge in [-0.1, -0.05) is 12.2 Å². The lowest BCUT2D eigenvalue weighted by molar-refractivity contribution is 0.628. The molecule has 0 saturated carbocycles. The van der Waals surface area contributed by atoms with Crippen molar-refractivity contribution in [3.63, 3.8) is 0 Å². The molecule has 0 saturated heterocycles. The molecule has 0 atom stereocenters. The van der Waals surface area contributed by atoms with E-state index >= 15 is 0 Å². The minimum Gasteiger partial charge on any atom is -0.311 e. The van der Waals surface area contributed by atoms with Crippen molar-refractivity contribution < 1.29 is 4.39 Å². The lowest BCUT2D eigenvalue weighted by Crippen LogP contribution is -2.14. The zero-order chi connectivity index (χ0) is 13.5. The fourth-order valence-electron chi connectivity index (χ4n) is 1.68.